The molecule has 3 heterocycles. The van der Waals surface area contributed by atoms with Crippen molar-refractivity contribution in [3.8, 4) is 5.75 Å². The van der Waals surface area contributed by atoms with Gasteiger partial charge in [-0.3, -0.25) is 14.5 Å². The molecule has 0 spiro atoms. The van der Waals surface area contributed by atoms with Crippen LogP contribution in [0.3, 0.4) is 0 Å². The Morgan fingerprint density at radius 2 is 1.84 bits per heavy atom. The minimum Gasteiger partial charge on any atom is -0.497 e. The van der Waals surface area contributed by atoms with Crippen LogP contribution in [0.25, 0.3) is 11.0 Å². The number of carbonyl (C=O) groups excluding carboxylic acids is 1. The number of benzene rings is 2. The summed E-state index contributed by atoms with van der Waals surface area (Å²) in [5.74, 6) is -0.0549. The lowest BCUT2D eigenvalue weighted by Crippen LogP contribution is -2.30. The van der Waals surface area contributed by atoms with Crippen molar-refractivity contribution in [1.82, 2.24) is 4.98 Å². The molecule has 0 bridgehead atoms. The van der Waals surface area contributed by atoms with Gasteiger partial charge in [-0.1, -0.05) is 18.2 Å². The molecule has 1 aliphatic rings. The Bertz CT molecular complexity index is 1400. The molecule has 0 fully saturated rings. The molecule has 1 aliphatic heterocycles. The first kappa shape index (κ1) is 19.0. The maximum Gasteiger partial charge on any atom is 0.296 e. The van der Waals surface area contributed by atoms with Gasteiger partial charge in [-0.05, 0) is 55.0 Å². The Morgan fingerprint density at radius 3 is 2.55 bits per heavy atom. The standard InChI is InChI=1S/C24H17FN2O4/c1-13-4-3-5-19(26-13)27-21(14-6-9-16(30-2)10-7-14)20-22(28)17-12-15(25)8-11-18(17)31-23(20)24(27)29/h3-12,21H,1-2H3. The quantitative estimate of drug-likeness (QED) is 0.495. The van der Waals surface area contributed by atoms with Gasteiger partial charge in [-0.2, -0.15) is 0 Å². The van der Waals surface area contributed by atoms with Crippen LogP contribution in [0.5, 0.6) is 5.75 Å². The van der Waals surface area contributed by atoms with Gasteiger partial charge in [-0.15, -0.1) is 0 Å². The zero-order valence-corrected chi connectivity index (χ0v) is 16.8. The number of aryl methyl sites for hydroxylation is 1. The van der Waals surface area contributed by atoms with Crippen molar-refractivity contribution in [1.29, 1.82) is 0 Å². The minimum absolute atomic E-state index is 0.0618. The van der Waals surface area contributed by atoms with E-state index >= 15 is 0 Å². The summed E-state index contributed by atoms with van der Waals surface area (Å²) in [4.78, 5) is 32.8. The van der Waals surface area contributed by atoms with Crippen LogP contribution in [0, 0.1) is 12.7 Å². The molecule has 0 radical (unpaired) electrons. The number of anilines is 1. The molecular formula is C24H17FN2O4. The van der Waals surface area contributed by atoms with E-state index in [-0.39, 0.29) is 22.3 Å². The number of hydrogen-bond acceptors (Lipinski definition) is 5. The van der Waals surface area contributed by atoms with Gasteiger partial charge in [0.25, 0.3) is 5.91 Å². The number of hydrogen-bond donors (Lipinski definition) is 0. The van der Waals surface area contributed by atoms with Gasteiger partial charge >= 0.3 is 0 Å². The number of nitrogens with zero attached hydrogens (tertiary/aromatic N) is 2. The van der Waals surface area contributed by atoms with Crippen molar-refractivity contribution in [2.24, 2.45) is 0 Å². The largest absolute Gasteiger partial charge is 0.497 e. The number of carbonyl (C=O) groups is 1. The SMILES string of the molecule is COc1ccc(C2c3c(oc4ccc(F)cc4c3=O)C(=O)N2c2cccc(C)n2)cc1. The highest BCUT2D eigenvalue weighted by molar-refractivity contribution is 6.10. The van der Waals surface area contributed by atoms with Crippen molar-refractivity contribution >= 4 is 22.7 Å². The molecule has 2 aromatic carbocycles. The van der Waals surface area contributed by atoms with E-state index in [0.717, 1.165) is 11.8 Å². The second-order valence-corrected chi connectivity index (χ2v) is 7.30. The number of rotatable bonds is 3. The topological polar surface area (TPSA) is 72.6 Å². The number of ether oxygens (including phenoxy) is 1. The predicted molar refractivity (Wildman–Crippen MR) is 113 cm³/mol. The molecule has 0 aliphatic carbocycles. The van der Waals surface area contributed by atoms with Crippen LogP contribution in [0.4, 0.5) is 10.2 Å². The Balaban J connectivity index is 1.80. The number of methoxy groups -OCH3 is 1. The Morgan fingerprint density at radius 1 is 1.06 bits per heavy atom. The Labute approximate surface area is 176 Å². The number of amides is 1. The summed E-state index contributed by atoms with van der Waals surface area (Å²) in [6, 6.07) is 15.3. The number of halogens is 1. The zero-order valence-electron chi connectivity index (χ0n) is 16.8. The van der Waals surface area contributed by atoms with Crippen molar-refractivity contribution < 1.29 is 18.3 Å². The maximum atomic E-state index is 13.9. The van der Waals surface area contributed by atoms with Crippen molar-refractivity contribution in [3.05, 3.63) is 99.3 Å². The average molecular weight is 416 g/mol. The number of fused-ring (bicyclic) bond motifs is 2. The second kappa shape index (κ2) is 7.05. The zero-order chi connectivity index (χ0) is 21.7. The summed E-state index contributed by atoms with van der Waals surface area (Å²) in [7, 11) is 1.56. The molecule has 0 N–H and O–H groups in total. The molecule has 7 heteroatoms. The first-order valence-electron chi connectivity index (χ1n) is 9.65. The summed E-state index contributed by atoms with van der Waals surface area (Å²) < 4.78 is 24.9. The van der Waals surface area contributed by atoms with E-state index in [1.165, 1.54) is 17.0 Å². The summed E-state index contributed by atoms with van der Waals surface area (Å²) in [6.07, 6.45) is 0. The van der Waals surface area contributed by atoms with Crippen molar-refractivity contribution in [2.45, 2.75) is 13.0 Å². The minimum atomic E-state index is -0.772. The molecule has 0 saturated carbocycles. The van der Waals surface area contributed by atoms with Gasteiger partial charge in [0, 0.05) is 5.69 Å². The lowest BCUT2D eigenvalue weighted by atomic mass is 9.98. The fourth-order valence-electron chi connectivity index (χ4n) is 3.95. The molecular weight excluding hydrogens is 399 g/mol. The van der Waals surface area contributed by atoms with E-state index in [1.54, 1.807) is 43.5 Å². The molecule has 1 amide bonds. The van der Waals surface area contributed by atoms with E-state index in [2.05, 4.69) is 4.98 Å². The lowest BCUT2D eigenvalue weighted by molar-refractivity contribution is 0.0970. The second-order valence-electron chi connectivity index (χ2n) is 7.30. The Hall–Kier alpha value is -4.00. The third-order valence-electron chi connectivity index (χ3n) is 5.38. The van der Waals surface area contributed by atoms with Crippen LogP contribution >= 0.6 is 0 Å². The van der Waals surface area contributed by atoms with Gasteiger partial charge in [0.05, 0.1) is 24.1 Å². The van der Waals surface area contributed by atoms with E-state index in [0.29, 0.717) is 17.1 Å². The highest BCUT2D eigenvalue weighted by Crippen LogP contribution is 2.41. The summed E-state index contributed by atoms with van der Waals surface area (Å²) >= 11 is 0. The fourth-order valence-corrected chi connectivity index (χ4v) is 3.95. The monoisotopic (exact) mass is 416 g/mol. The van der Waals surface area contributed by atoms with Crippen molar-refractivity contribution in [3.63, 3.8) is 0 Å². The first-order chi connectivity index (χ1) is 15.0. The van der Waals surface area contributed by atoms with Crippen LogP contribution in [-0.2, 0) is 0 Å². The number of pyridine rings is 1. The lowest BCUT2D eigenvalue weighted by Gasteiger charge is -2.24. The highest BCUT2D eigenvalue weighted by atomic mass is 19.1. The van der Waals surface area contributed by atoms with Gasteiger partial charge in [-0.25, -0.2) is 9.37 Å². The molecule has 2 aromatic heterocycles. The van der Waals surface area contributed by atoms with E-state index in [4.69, 9.17) is 9.15 Å². The molecule has 0 saturated heterocycles. The normalized spacial score (nSPS) is 15.4. The Kier molecular flexibility index (Phi) is 4.32. The van der Waals surface area contributed by atoms with E-state index in [1.807, 2.05) is 13.0 Å². The van der Waals surface area contributed by atoms with Crippen LogP contribution in [0.1, 0.15) is 33.4 Å². The maximum absolute atomic E-state index is 13.9. The number of aromatic nitrogens is 1. The first-order valence-corrected chi connectivity index (χ1v) is 9.65. The van der Waals surface area contributed by atoms with Crippen LogP contribution < -0.4 is 15.1 Å². The molecule has 31 heavy (non-hydrogen) atoms. The van der Waals surface area contributed by atoms with E-state index < -0.39 is 23.2 Å². The van der Waals surface area contributed by atoms with Crippen molar-refractivity contribution in [2.75, 3.05) is 12.0 Å². The van der Waals surface area contributed by atoms with Crippen LogP contribution in [0.15, 0.2) is 69.9 Å². The molecule has 1 atom stereocenters. The summed E-state index contributed by atoms with van der Waals surface area (Å²) in [6.45, 7) is 1.82. The molecule has 4 aromatic rings. The third kappa shape index (κ3) is 2.97. The van der Waals surface area contributed by atoms with Gasteiger partial charge in [0.2, 0.25) is 5.76 Å². The molecule has 1 unspecified atom stereocenters. The van der Waals surface area contributed by atoms with Crippen LogP contribution in [-0.4, -0.2) is 18.0 Å². The average Bonchev–Trinajstić information content (AvgIpc) is 3.07. The smallest absolute Gasteiger partial charge is 0.296 e. The molecule has 5 rings (SSSR count). The highest BCUT2D eigenvalue weighted by Gasteiger charge is 2.44. The predicted octanol–water partition coefficient (Wildman–Crippen LogP) is 4.39. The van der Waals surface area contributed by atoms with Gasteiger partial charge in [0.15, 0.2) is 5.43 Å². The van der Waals surface area contributed by atoms with Gasteiger partial charge in [0.1, 0.15) is 23.0 Å². The third-order valence-corrected chi connectivity index (χ3v) is 5.38. The fraction of sp³-hybridized carbons (Fsp3) is 0.125. The molecule has 6 nitrogen and oxygen atoms in total. The summed E-state index contributed by atoms with van der Waals surface area (Å²) in [5.41, 5.74) is 1.28. The van der Waals surface area contributed by atoms with Gasteiger partial charge < -0.3 is 9.15 Å². The molecule has 154 valence electrons. The van der Waals surface area contributed by atoms with Crippen LogP contribution in [0.2, 0.25) is 0 Å². The summed E-state index contributed by atoms with van der Waals surface area (Å²) in [5, 5.41) is 0.0871. The van der Waals surface area contributed by atoms with E-state index in [9.17, 15) is 14.0 Å².